The number of hydrogen-bond donors (Lipinski definition) is 2. The molecule has 148 valence electrons. The Morgan fingerprint density at radius 3 is 2.67 bits per heavy atom. The van der Waals surface area contributed by atoms with E-state index in [2.05, 4.69) is 20.2 Å². The van der Waals surface area contributed by atoms with Crippen molar-refractivity contribution in [1.29, 1.82) is 0 Å². The molecule has 5 aromatic rings. The third-order valence-corrected chi connectivity index (χ3v) is 5.11. The molecule has 0 fully saturated rings. The maximum atomic E-state index is 14.0. The van der Waals surface area contributed by atoms with Crippen LogP contribution in [0.1, 0.15) is 5.56 Å². The number of aryl methyl sites for hydroxylation is 1. The molecule has 0 aliphatic carbocycles. The third-order valence-electron chi connectivity index (χ3n) is 5.11. The van der Waals surface area contributed by atoms with Crippen LogP contribution in [0.5, 0.6) is 0 Å². The van der Waals surface area contributed by atoms with Gasteiger partial charge >= 0.3 is 0 Å². The number of rotatable bonds is 4. The first-order valence-corrected chi connectivity index (χ1v) is 9.46. The molecule has 2 aromatic heterocycles. The van der Waals surface area contributed by atoms with Crippen LogP contribution >= 0.6 is 0 Å². The second-order valence-electron chi connectivity index (χ2n) is 7.13. The number of aliphatic hydroxyl groups is 1. The number of nitrogens with one attached hydrogen (secondary N) is 1. The fourth-order valence-electron chi connectivity index (χ4n) is 3.60. The van der Waals surface area contributed by atoms with E-state index < -0.39 is 0 Å². The number of aromatic nitrogens is 5. The van der Waals surface area contributed by atoms with Gasteiger partial charge in [0.05, 0.1) is 17.6 Å². The minimum absolute atomic E-state index is 0.0248. The molecule has 0 saturated carbocycles. The van der Waals surface area contributed by atoms with Crippen LogP contribution in [0.25, 0.3) is 44.9 Å². The number of aromatic amines is 1. The summed E-state index contributed by atoms with van der Waals surface area (Å²) in [6.07, 6.45) is 1.59. The number of H-pyrrole nitrogens is 1. The Morgan fingerprint density at radius 1 is 1.00 bits per heavy atom. The van der Waals surface area contributed by atoms with Gasteiger partial charge in [-0.2, -0.15) is 0 Å². The number of fused-ring (bicyclic) bond motifs is 1. The summed E-state index contributed by atoms with van der Waals surface area (Å²) in [6.45, 7) is -0.0248. The molecule has 2 N–H and O–H groups in total. The van der Waals surface area contributed by atoms with Gasteiger partial charge in [-0.1, -0.05) is 30.3 Å². The van der Waals surface area contributed by atoms with E-state index in [4.69, 9.17) is 0 Å². The van der Waals surface area contributed by atoms with Crippen LogP contribution in [-0.4, -0.2) is 29.8 Å². The van der Waals surface area contributed by atoms with Gasteiger partial charge in [0.15, 0.2) is 5.82 Å². The second kappa shape index (κ2) is 7.20. The fraction of sp³-hybridized carbons (Fsp3) is 0.0870. The Labute approximate surface area is 171 Å². The topological polar surface area (TPSA) is 79.6 Å². The molecule has 0 saturated heterocycles. The molecule has 0 amide bonds. The summed E-state index contributed by atoms with van der Waals surface area (Å²) < 4.78 is 15.8. The Morgan fingerprint density at radius 2 is 1.87 bits per heavy atom. The predicted molar refractivity (Wildman–Crippen MR) is 113 cm³/mol. The van der Waals surface area contributed by atoms with Gasteiger partial charge in [0.25, 0.3) is 0 Å². The first-order valence-electron chi connectivity index (χ1n) is 9.46. The average molecular weight is 399 g/mol. The Bertz CT molecular complexity index is 1370. The van der Waals surface area contributed by atoms with E-state index in [-0.39, 0.29) is 12.4 Å². The van der Waals surface area contributed by atoms with Crippen molar-refractivity contribution in [2.45, 2.75) is 6.61 Å². The van der Waals surface area contributed by atoms with Gasteiger partial charge in [-0.25, -0.2) is 9.37 Å². The van der Waals surface area contributed by atoms with Gasteiger partial charge in [0, 0.05) is 18.2 Å². The SMILES string of the molecule is Cn1cnnc1-c1cc(F)ccc1-c1cccc(-c2nc3cc(CO)ccc3[nH]2)c1. The lowest BCUT2D eigenvalue weighted by Crippen LogP contribution is -1.95. The highest BCUT2D eigenvalue weighted by atomic mass is 19.1. The van der Waals surface area contributed by atoms with Crippen LogP contribution in [0.3, 0.4) is 0 Å². The van der Waals surface area contributed by atoms with Gasteiger partial charge < -0.3 is 14.7 Å². The Kier molecular flexibility index (Phi) is 4.37. The lowest BCUT2D eigenvalue weighted by molar-refractivity contribution is 0.282. The van der Waals surface area contributed by atoms with Crippen LogP contribution in [0.15, 0.2) is 67.0 Å². The first-order chi connectivity index (χ1) is 14.6. The van der Waals surface area contributed by atoms with Crippen molar-refractivity contribution < 1.29 is 9.50 Å². The molecule has 0 radical (unpaired) electrons. The zero-order chi connectivity index (χ0) is 20.7. The van der Waals surface area contributed by atoms with Gasteiger partial charge in [0.2, 0.25) is 0 Å². The molecule has 0 unspecified atom stereocenters. The molecule has 0 aliphatic rings. The van der Waals surface area contributed by atoms with E-state index in [0.29, 0.717) is 11.4 Å². The summed E-state index contributed by atoms with van der Waals surface area (Å²) in [7, 11) is 1.83. The molecule has 0 spiro atoms. The zero-order valence-corrected chi connectivity index (χ0v) is 16.2. The fourth-order valence-corrected chi connectivity index (χ4v) is 3.60. The van der Waals surface area contributed by atoms with Gasteiger partial charge in [-0.15, -0.1) is 10.2 Å². The summed E-state index contributed by atoms with van der Waals surface area (Å²) in [5.74, 6) is 0.990. The van der Waals surface area contributed by atoms with Crippen LogP contribution in [0, 0.1) is 5.82 Å². The normalized spacial score (nSPS) is 11.3. The van der Waals surface area contributed by atoms with Crippen molar-refractivity contribution in [3.05, 3.63) is 78.4 Å². The highest BCUT2D eigenvalue weighted by Crippen LogP contribution is 2.33. The molecule has 30 heavy (non-hydrogen) atoms. The van der Waals surface area contributed by atoms with E-state index in [1.807, 2.05) is 49.5 Å². The molecule has 0 atom stereocenters. The number of hydrogen-bond acceptors (Lipinski definition) is 4. The maximum Gasteiger partial charge on any atom is 0.164 e. The predicted octanol–water partition coefficient (Wildman–Crippen LogP) is 4.32. The standard InChI is InChI=1S/C23H18FN5O/c1-29-13-25-28-23(29)19-11-17(24)6-7-18(19)15-3-2-4-16(10-15)22-26-20-8-5-14(12-30)9-21(20)27-22/h2-11,13,30H,12H2,1H3,(H,26,27). The quantitative estimate of drug-likeness (QED) is 0.472. The van der Waals surface area contributed by atoms with E-state index >= 15 is 0 Å². The minimum atomic E-state index is -0.329. The molecule has 0 aliphatic heterocycles. The van der Waals surface area contributed by atoms with Crippen molar-refractivity contribution >= 4 is 11.0 Å². The maximum absolute atomic E-state index is 14.0. The number of halogens is 1. The van der Waals surface area contributed by atoms with E-state index in [9.17, 15) is 9.50 Å². The van der Waals surface area contributed by atoms with E-state index in [0.717, 1.165) is 39.1 Å². The van der Waals surface area contributed by atoms with Crippen molar-refractivity contribution in [2.24, 2.45) is 7.05 Å². The highest BCUT2D eigenvalue weighted by Gasteiger charge is 2.14. The minimum Gasteiger partial charge on any atom is -0.392 e. The van der Waals surface area contributed by atoms with Gasteiger partial charge in [-0.3, -0.25) is 0 Å². The van der Waals surface area contributed by atoms with Gasteiger partial charge in [0.1, 0.15) is 18.0 Å². The summed E-state index contributed by atoms with van der Waals surface area (Å²) in [6, 6.07) is 18.2. The second-order valence-corrected chi connectivity index (χ2v) is 7.13. The summed E-state index contributed by atoms with van der Waals surface area (Å²) in [4.78, 5) is 8.00. The lowest BCUT2D eigenvalue weighted by Gasteiger charge is -2.10. The van der Waals surface area contributed by atoms with Crippen molar-refractivity contribution in [2.75, 3.05) is 0 Å². The van der Waals surface area contributed by atoms with Crippen molar-refractivity contribution in [3.8, 4) is 33.9 Å². The number of nitrogens with zero attached hydrogens (tertiary/aromatic N) is 4. The monoisotopic (exact) mass is 399 g/mol. The third kappa shape index (κ3) is 3.15. The van der Waals surface area contributed by atoms with Crippen molar-refractivity contribution in [1.82, 2.24) is 24.7 Å². The smallest absolute Gasteiger partial charge is 0.164 e. The number of imidazole rings is 1. The summed E-state index contributed by atoms with van der Waals surface area (Å²) >= 11 is 0. The number of benzene rings is 3. The highest BCUT2D eigenvalue weighted by molar-refractivity contribution is 5.84. The average Bonchev–Trinajstić information content (AvgIpc) is 3.39. The molecular weight excluding hydrogens is 381 g/mol. The zero-order valence-electron chi connectivity index (χ0n) is 16.2. The molecule has 0 bridgehead atoms. The first kappa shape index (κ1) is 18.2. The lowest BCUT2D eigenvalue weighted by atomic mass is 9.97. The van der Waals surface area contributed by atoms with Crippen molar-refractivity contribution in [3.63, 3.8) is 0 Å². The van der Waals surface area contributed by atoms with E-state index in [1.165, 1.54) is 12.1 Å². The van der Waals surface area contributed by atoms with Crippen LogP contribution in [-0.2, 0) is 13.7 Å². The summed E-state index contributed by atoms with van der Waals surface area (Å²) in [5, 5.41) is 17.4. The molecule has 6 nitrogen and oxygen atoms in total. The Hall–Kier alpha value is -3.84. The molecule has 3 aromatic carbocycles. The molecule has 5 rings (SSSR count). The van der Waals surface area contributed by atoms with Crippen LogP contribution < -0.4 is 0 Å². The van der Waals surface area contributed by atoms with Crippen LogP contribution in [0.2, 0.25) is 0 Å². The summed E-state index contributed by atoms with van der Waals surface area (Å²) in [5.41, 5.74) is 5.86. The number of aliphatic hydroxyl groups excluding tert-OH is 1. The molecule has 2 heterocycles. The van der Waals surface area contributed by atoms with Crippen LogP contribution in [0.4, 0.5) is 4.39 Å². The molecular formula is C23H18FN5O. The Balaban J connectivity index is 1.62. The van der Waals surface area contributed by atoms with Gasteiger partial charge in [-0.05, 0) is 47.0 Å². The largest absolute Gasteiger partial charge is 0.392 e. The molecule has 7 heteroatoms. The van der Waals surface area contributed by atoms with E-state index in [1.54, 1.807) is 17.0 Å².